The van der Waals surface area contributed by atoms with E-state index in [-0.39, 0.29) is 18.1 Å². The highest BCUT2D eigenvalue weighted by Crippen LogP contribution is 2.47. The molecular weight excluding hydrogens is 180 g/mol. The van der Waals surface area contributed by atoms with E-state index in [9.17, 15) is 10.2 Å². The van der Waals surface area contributed by atoms with Gasteiger partial charge in [-0.05, 0) is 12.8 Å². The maximum atomic E-state index is 10.4. The maximum Gasteiger partial charge on any atom is 0.129 e. The van der Waals surface area contributed by atoms with Crippen molar-refractivity contribution < 1.29 is 14.9 Å². The van der Waals surface area contributed by atoms with Gasteiger partial charge in [-0.1, -0.05) is 24.3 Å². The van der Waals surface area contributed by atoms with E-state index in [0.29, 0.717) is 0 Å². The van der Waals surface area contributed by atoms with Crippen LogP contribution in [0.25, 0.3) is 0 Å². The third-order valence-electron chi connectivity index (χ3n) is 3.69. The normalized spacial score (nSPS) is 54.7. The molecule has 0 aromatic rings. The molecule has 3 aliphatic rings. The number of fused-ring (bicyclic) bond motifs is 3. The van der Waals surface area contributed by atoms with Crippen molar-refractivity contribution >= 4 is 0 Å². The lowest BCUT2D eigenvalue weighted by Gasteiger charge is -2.33. The van der Waals surface area contributed by atoms with Crippen LogP contribution in [0.3, 0.4) is 0 Å². The average Bonchev–Trinajstić information content (AvgIpc) is 2.63. The monoisotopic (exact) mass is 194 g/mol. The first-order valence-electron chi connectivity index (χ1n) is 5.12. The smallest absolute Gasteiger partial charge is 0.129 e. The molecule has 2 aliphatic carbocycles. The summed E-state index contributed by atoms with van der Waals surface area (Å²) < 4.78 is 5.71. The molecule has 5 unspecified atom stereocenters. The molecule has 0 amide bonds. The quantitative estimate of drug-likeness (QED) is 0.548. The van der Waals surface area contributed by atoms with Gasteiger partial charge in [-0.2, -0.15) is 0 Å². The average molecular weight is 194 g/mol. The molecule has 0 aromatic heterocycles. The fraction of sp³-hybridized carbons (Fsp3) is 0.636. The number of ether oxygens (including phenoxy) is 1. The van der Waals surface area contributed by atoms with Crippen molar-refractivity contribution in [1.82, 2.24) is 0 Å². The molecule has 0 bridgehead atoms. The molecule has 5 atom stereocenters. The van der Waals surface area contributed by atoms with Gasteiger partial charge in [0.15, 0.2) is 0 Å². The van der Waals surface area contributed by atoms with Gasteiger partial charge in [-0.15, -0.1) is 0 Å². The first kappa shape index (κ1) is 8.65. The molecule has 1 fully saturated rings. The van der Waals surface area contributed by atoms with Crippen molar-refractivity contribution in [3.8, 4) is 0 Å². The number of rotatable bonds is 0. The minimum atomic E-state index is -1.07. The molecule has 3 rings (SSSR count). The van der Waals surface area contributed by atoms with Crippen LogP contribution in [-0.2, 0) is 4.74 Å². The molecular formula is C11H14O3. The van der Waals surface area contributed by atoms with Crippen LogP contribution in [0.5, 0.6) is 0 Å². The molecule has 3 nitrogen and oxygen atoms in total. The second-order valence-corrected chi connectivity index (χ2v) is 4.36. The summed E-state index contributed by atoms with van der Waals surface area (Å²) >= 11 is 0. The highest BCUT2D eigenvalue weighted by Gasteiger charge is 2.59. The highest BCUT2D eigenvalue weighted by molar-refractivity contribution is 5.26. The number of allylic oxidation sites excluding steroid dienone is 1. The zero-order chi connectivity index (χ0) is 9.76. The van der Waals surface area contributed by atoms with Gasteiger partial charge in [0.05, 0.1) is 6.10 Å². The minimum Gasteiger partial charge on any atom is -0.386 e. The number of aliphatic hydroxyl groups is 2. The van der Waals surface area contributed by atoms with Crippen LogP contribution in [-0.4, -0.2) is 34.1 Å². The van der Waals surface area contributed by atoms with Crippen LogP contribution >= 0.6 is 0 Å². The SMILES string of the molecule is OC1C=CC2OC3CC=CCC3C12O. The van der Waals surface area contributed by atoms with Crippen molar-refractivity contribution in [2.24, 2.45) is 5.92 Å². The van der Waals surface area contributed by atoms with Crippen molar-refractivity contribution in [2.45, 2.75) is 36.8 Å². The standard InChI is InChI=1S/C11H14O3/c12-9-5-6-10-11(9,13)7-3-1-2-4-8(7)14-10/h1-2,5-10,12-13H,3-4H2. The minimum absolute atomic E-state index is 0.0440. The van der Waals surface area contributed by atoms with Gasteiger partial charge in [0.1, 0.15) is 17.8 Å². The Bertz CT molecular complexity index is 310. The predicted octanol–water partition coefficient (Wildman–Crippen LogP) is 0.382. The number of aliphatic hydroxyl groups excluding tert-OH is 1. The Morgan fingerprint density at radius 2 is 2.00 bits per heavy atom. The van der Waals surface area contributed by atoms with Gasteiger partial charge >= 0.3 is 0 Å². The summed E-state index contributed by atoms with van der Waals surface area (Å²) in [4.78, 5) is 0. The van der Waals surface area contributed by atoms with Crippen molar-refractivity contribution in [2.75, 3.05) is 0 Å². The second kappa shape index (κ2) is 2.69. The van der Waals surface area contributed by atoms with Crippen LogP contribution in [0.2, 0.25) is 0 Å². The van der Waals surface area contributed by atoms with Crippen LogP contribution < -0.4 is 0 Å². The van der Waals surface area contributed by atoms with E-state index >= 15 is 0 Å². The summed E-state index contributed by atoms with van der Waals surface area (Å²) in [5.74, 6) is 0.0440. The number of hydrogen-bond acceptors (Lipinski definition) is 3. The third-order valence-corrected chi connectivity index (χ3v) is 3.69. The van der Waals surface area contributed by atoms with Gasteiger partial charge in [-0.3, -0.25) is 0 Å². The predicted molar refractivity (Wildman–Crippen MR) is 50.6 cm³/mol. The molecule has 1 saturated heterocycles. The Balaban J connectivity index is 1.98. The lowest BCUT2D eigenvalue weighted by molar-refractivity contribution is -0.0884. The van der Waals surface area contributed by atoms with Gasteiger partial charge in [0, 0.05) is 5.92 Å². The molecule has 0 aromatic carbocycles. The summed E-state index contributed by atoms with van der Waals surface area (Å²) in [7, 11) is 0. The van der Waals surface area contributed by atoms with Crippen LogP contribution in [0.4, 0.5) is 0 Å². The third kappa shape index (κ3) is 0.874. The molecule has 14 heavy (non-hydrogen) atoms. The van der Waals surface area contributed by atoms with Crippen LogP contribution in [0, 0.1) is 5.92 Å². The fourth-order valence-corrected chi connectivity index (χ4v) is 2.88. The molecule has 2 N–H and O–H groups in total. The Kier molecular flexibility index (Phi) is 1.66. The van der Waals surface area contributed by atoms with Crippen molar-refractivity contribution in [3.63, 3.8) is 0 Å². The summed E-state index contributed by atoms with van der Waals surface area (Å²) in [5.41, 5.74) is -1.07. The summed E-state index contributed by atoms with van der Waals surface area (Å²) in [6.07, 6.45) is 8.22. The first-order chi connectivity index (χ1) is 6.73. The molecule has 76 valence electrons. The lowest BCUT2D eigenvalue weighted by Crippen LogP contribution is -2.50. The zero-order valence-corrected chi connectivity index (χ0v) is 7.84. The maximum absolute atomic E-state index is 10.4. The second-order valence-electron chi connectivity index (χ2n) is 4.36. The van der Waals surface area contributed by atoms with E-state index in [2.05, 4.69) is 12.2 Å². The Labute approximate surface area is 82.7 Å². The topological polar surface area (TPSA) is 49.7 Å². The fourth-order valence-electron chi connectivity index (χ4n) is 2.88. The van der Waals surface area contributed by atoms with Crippen molar-refractivity contribution in [1.29, 1.82) is 0 Å². The molecule has 1 heterocycles. The number of hydrogen-bond donors (Lipinski definition) is 2. The van der Waals surface area contributed by atoms with Crippen LogP contribution in [0.1, 0.15) is 12.8 Å². The summed E-state index contributed by atoms with van der Waals surface area (Å²) in [5, 5.41) is 20.2. The van der Waals surface area contributed by atoms with E-state index in [1.807, 2.05) is 0 Å². The molecule has 0 radical (unpaired) electrons. The van der Waals surface area contributed by atoms with E-state index in [1.54, 1.807) is 12.2 Å². The first-order valence-corrected chi connectivity index (χ1v) is 5.12. The summed E-state index contributed by atoms with van der Waals surface area (Å²) in [6.45, 7) is 0. The van der Waals surface area contributed by atoms with Gasteiger partial charge in [0.2, 0.25) is 0 Å². The summed E-state index contributed by atoms with van der Waals surface area (Å²) in [6, 6.07) is 0. The van der Waals surface area contributed by atoms with Gasteiger partial charge in [-0.25, -0.2) is 0 Å². The Morgan fingerprint density at radius 3 is 2.86 bits per heavy atom. The molecule has 0 saturated carbocycles. The zero-order valence-electron chi connectivity index (χ0n) is 7.84. The van der Waals surface area contributed by atoms with E-state index < -0.39 is 11.7 Å². The lowest BCUT2D eigenvalue weighted by atomic mass is 9.77. The largest absolute Gasteiger partial charge is 0.386 e. The van der Waals surface area contributed by atoms with Crippen LogP contribution in [0.15, 0.2) is 24.3 Å². The Morgan fingerprint density at radius 1 is 1.21 bits per heavy atom. The van der Waals surface area contributed by atoms with Gasteiger partial charge in [0.25, 0.3) is 0 Å². The van der Waals surface area contributed by atoms with E-state index in [1.165, 1.54) is 0 Å². The molecule has 0 spiro atoms. The molecule has 1 aliphatic heterocycles. The van der Waals surface area contributed by atoms with Gasteiger partial charge < -0.3 is 14.9 Å². The van der Waals surface area contributed by atoms with Crippen molar-refractivity contribution in [3.05, 3.63) is 24.3 Å². The van der Waals surface area contributed by atoms with E-state index in [4.69, 9.17) is 4.74 Å². The molecule has 3 heteroatoms. The Hall–Kier alpha value is -0.640. The van der Waals surface area contributed by atoms with E-state index in [0.717, 1.165) is 12.8 Å². The highest BCUT2D eigenvalue weighted by atomic mass is 16.5.